The average Bonchev–Trinajstić information content (AvgIpc) is 2.83. The lowest BCUT2D eigenvalue weighted by molar-refractivity contribution is 0.653. The molecule has 0 amide bonds. The minimum Gasteiger partial charge on any atom is -0.326 e. The second-order valence-electron chi connectivity index (χ2n) is 3.45. The molecule has 2 N–H and O–H groups in total. The Bertz CT molecular complexity index is 456. The van der Waals surface area contributed by atoms with E-state index in [2.05, 4.69) is 30.4 Å². The first-order valence-electron chi connectivity index (χ1n) is 5.07. The van der Waals surface area contributed by atoms with Crippen molar-refractivity contribution in [2.75, 3.05) is 0 Å². The summed E-state index contributed by atoms with van der Waals surface area (Å²) >= 11 is 1.75. The third-order valence-electron chi connectivity index (χ3n) is 2.40. The minimum atomic E-state index is 0.617. The van der Waals surface area contributed by atoms with Gasteiger partial charge in [0.1, 0.15) is 0 Å². The Labute approximate surface area is 93.5 Å². The molecule has 2 rings (SSSR count). The van der Waals surface area contributed by atoms with Gasteiger partial charge in [-0.2, -0.15) is 5.10 Å². The van der Waals surface area contributed by atoms with Gasteiger partial charge in [-0.1, -0.05) is 0 Å². The molecule has 0 saturated carbocycles. The van der Waals surface area contributed by atoms with E-state index in [1.165, 1.54) is 15.3 Å². The Balaban J connectivity index is 2.39. The van der Waals surface area contributed by atoms with Crippen LogP contribution >= 0.6 is 11.3 Å². The van der Waals surface area contributed by atoms with Gasteiger partial charge in [-0.25, -0.2) is 0 Å². The maximum absolute atomic E-state index is 5.60. The maximum atomic E-state index is 5.60. The standard InChI is InChI=1S/C11H15N3S/c1-3-14-7-10(8(2)13-14)11-5-4-9(6-12)15-11/h4-5,7H,3,6,12H2,1-2H3. The Kier molecular flexibility index (Phi) is 2.88. The number of hydrogen-bond donors (Lipinski definition) is 1. The molecule has 0 unspecified atom stereocenters. The molecule has 4 heteroatoms. The number of hydrogen-bond acceptors (Lipinski definition) is 3. The lowest BCUT2D eigenvalue weighted by Gasteiger charge is -1.92. The van der Waals surface area contributed by atoms with Crippen LogP contribution in [0.3, 0.4) is 0 Å². The van der Waals surface area contributed by atoms with Crippen molar-refractivity contribution in [3.05, 3.63) is 28.9 Å². The van der Waals surface area contributed by atoms with Crippen LogP contribution in [0.1, 0.15) is 17.5 Å². The van der Waals surface area contributed by atoms with Crippen molar-refractivity contribution in [2.24, 2.45) is 5.73 Å². The van der Waals surface area contributed by atoms with Crippen molar-refractivity contribution in [3.8, 4) is 10.4 Å². The van der Waals surface area contributed by atoms with Crippen molar-refractivity contribution in [3.63, 3.8) is 0 Å². The normalized spacial score (nSPS) is 10.9. The lowest BCUT2D eigenvalue weighted by Crippen LogP contribution is -1.93. The van der Waals surface area contributed by atoms with Gasteiger partial charge >= 0.3 is 0 Å². The predicted octanol–water partition coefficient (Wildman–Crippen LogP) is 2.40. The highest BCUT2D eigenvalue weighted by atomic mass is 32.1. The SMILES string of the molecule is CCn1cc(-c2ccc(CN)s2)c(C)n1. The second-order valence-corrected chi connectivity index (χ2v) is 4.62. The molecule has 0 bridgehead atoms. The van der Waals surface area contributed by atoms with Crippen LogP contribution in [0, 0.1) is 6.92 Å². The number of nitrogens with zero attached hydrogens (tertiary/aromatic N) is 2. The van der Waals surface area contributed by atoms with Gasteiger partial charge in [0, 0.05) is 34.6 Å². The molecule has 0 spiro atoms. The lowest BCUT2D eigenvalue weighted by atomic mass is 10.2. The van der Waals surface area contributed by atoms with Gasteiger partial charge in [-0.05, 0) is 26.0 Å². The van der Waals surface area contributed by atoms with Gasteiger partial charge in [0.05, 0.1) is 5.69 Å². The molecule has 15 heavy (non-hydrogen) atoms. The van der Waals surface area contributed by atoms with Crippen LogP contribution in [-0.2, 0) is 13.1 Å². The smallest absolute Gasteiger partial charge is 0.0680 e. The molecule has 0 aliphatic heterocycles. The molecule has 0 aliphatic rings. The van der Waals surface area contributed by atoms with Crippen LogP contribution in [0.25, 0.3) is 10.4 Å². The molecule has 0 radical (unpaired) electrons. The number of aryl methyl sites for hydroxylation is 2. The van der Waals surface area contributed by atoms with Crippen molar-refractivity contribution >= 4 is 11.3 Å². The van der Waals surface area contributed by atoms with E-state index in [1.807, 2.05) is 11.6 Å². The molecular weight excluding hydrogens is 206 g/mol. The summed E-state index contributed by atoms with van der Waals surface area (Å²) in [4.78, 5) is 2.47. The van der Waals surface area contributed by atoms with Crippen LogP contribution < -0.4 is 5.73 Å². The summed E-state index contributed by atoms with van der Waals surface area (Å²) in [5.41, 5.74) is 7.91. The molecule has 0 aromatic carbocycles. The van der Waals surface area contributed by atoms with Crippen LogP contribution in [0.5, 0.6) is 0 Å². The fourth-order valence-electron chi connectivity index (χ4n) is 1.55. The minimum absolute atomic E-state index is 0.617. The molecule has 0 saturated heterocycles. The fourth-order valence-corrected chi connectivity index (χ4v) is 2.50. The second kappa shape index (κ2) is 4.16. The Morgan fingerprint density at radius 1 is 1.47 bits per heavy atom. The summed E-state index contributed by atoms with van der Waals surface area (Å²) < 4.78 is 1.96. The molecule has 2 aromatic heterocycles. The zero-order valence-corrected chi connectivity index (χ0v) is 9.84. The van der Waals surface area contributed by atoms with Crippen LogP contribution in [0.4, 0.5) is 0 Å². The van der Waals surface area contributed by atoms with Crippen LogP contribution in [0.15, 0.2) is 18.3 Å². The maximum Gasteiger partial charge on any atom is 0.0680 e. The van der Waals surface area contributed by atoms with Gasteiger partial charge in [0.2, 0.25) is 0 Å². The predicted molar refractivity (Wildman–Crippen MR) is 63.8 cm³/mol. The van der Waals surface area contributed by atoms with E-state index in [4.69, 9.17) is 5.73 Å². The van der Waals surface area contributed by atoms with Crippen molar-refractivity contribution in [1.29, 1.82) is 0 Å². The zero-order valence-electron chi connectivity index (χ0n) is 9.03. The third kappa shape index (κ3) is 1.96. The molecule has 2 aromatic rings. The molecule has 80 valence electrons. The van der Waals surface area contributed by atoms with Gasteiger partial charge in [-0.15, -0.1) is 11.3 Å². The largest absolute Gasteiger partial charge is 0.326 e. The van der Waals surface area contributed by atoms with Crippen LogP contribution in [0.2, 0.25) is 0 Å². The van der Waals surface area contributed by atoms with Gasteiger partial charge in [0.15, 0.2) is 0 Å². The zero-order chi connectivity index (χ0) is 10.8. The van der Waals surface area contributed by atoms with E-state index in [-0.39, 0.29) is 0 Å². The first kappa shape index (κ1) is 10.4. The van der Waals surface area contributed by atoms with E-state index >= 15 is 0 Å². The number of rotatable bonds is 3. The first-order valence-corrected chi connectivity index (χ1v) is 5.89. The summed E-state index contributed by atoms with van der Waals surface area (Å²) in [5, 5.41) is 4.43. The monoisotopic (exact) mass is 221 g/mol. The Morgan fingerprint density at radius 2 is 2.27 bits per heavy atom. The molecule has 2 heterocycles. The van der Waals surface area contributed by atoms with Gasteiger partial charge in [-0.3, -0.25) is 4.68 Å². The van der Waals surface area contributed by atoms with E-state index in [9.17, 15) is 0 Å². The summed E-state index contributed by atoms with van der Waals surface area (Å²) in [6.07, 6.45) is 2.10. The Hall–Kier alpha value is -1.13. The van der Waals surface area contributed by atoms with E-state index < -0.39 is 0 Å². The van der Waals surface area contributed by atoms with E-state index in [0.717, 1.165) is 12.2 Å². The first-order chi connectivity index (χ1) is 7.24. The summed E-state index contributed by atoms with van der Waals surface area (Å²) in [6.45, 7) is 5.67. The van der Waals surface area contributed by atoms with Gasteiger partial charge in [0.25, 0.3) is 0 Å². The fraction of sp³-hybridized carbons (Fsp3) is 0.364. The highest BCUT2D eigenvalue weighted by Gasteiger charge is 2.08. The average molecular weight is 221 g/mol. The van der Waals surface area contributed by atoms with Crippen molar-refractivity contribution < 1.29 is 0 Å². The third-order valence-corrected chi connectivity index (χ3v) is 3.54. The van der Waals surface area contributed by atoms with E-state index in [0.29, 0.717) is 6.54 Å². The summed E-state index contributed by atoms with van der Waals surface area (Å²) in [5.74, 6) is 0. The molecule has 3 nitrogen and oxygen atoms in total. The van der Waals surface area contributed by atoms with Crippen LogP contribution in [-0.4, -0.2) is 9.78 Å². The molecular formula is C11H15N3S. The highest BCUT2D eigenvalue weighted by Crippen LogP contribution is 2.29. The Morgan fingerprint density at radius 3 is 2.80 bits per heavy atom. The summed E-state index contributed by atoms with van der Waals surface area (Å²) in [7, 11) is 0. The number of aromatic nitrogens is 2. The quantitative estimate of drug-likeness (QED) is 0.865. The topological polar surface area (TPSA) is 43.8 Å². The molecule has 0 atom stereocenters. The van der Waals surface area contributed by atoms with E-state index in [1.54, 1.807) is 11.3 Å². The molecule has 0 fully saturated rings. The number of nitrogens with two attached hydrogens (primary N) is 1. The summed E-state index contributed by atoms with van der Waals surface area (Å²) in [6, 6.07) is 4.21. The van der Waals surface area contributed by atoms with Gasteiger partial charge < -0.3 is 5.73 Å². The van der Waals surface area contributed by atoms with Crippen molar-refractivity contribution in [2.45, 2.75) is 26.9 Å². The van der Waals surface area contributed by atoms with Crippen molar-refractivity contribution in [1.82, 2.24) is 9.78 Å². The number of thiophene rings is 1. The molecule has 0 aliphatic carbocycles. The highest BCUT2D eigenvalue weighted by molar-refractivity contribution is 7.15.